The highest BCUT2D eigenvalue weighted by atomic mass is 79.9. The number of hydrogen-bond donors (Lipinski definition) is 0. The van der Waals surface area contributed by atoms with Crippen LogP contribution in [0.5, 0.6) is 0 Å². The molecule has 0 saturated heterocycles. The maximum atomic E-state index is 3.56. The van der Waals surface area contributed by atoms with Crippen LogP contribution in [0.2, 0.25) is 0 Å². The predicted molar refractivity (Wildman–Crippen MR) is 65.6 cm³/mol. The second kappa shape index (κ2) is 4.58. The molecule has 0 aliphatic carbocycles. The Morgan fingerprint density at radius 1 is 0.786 bits per heavy atom. The van der Waals surface area contributed by atoms with Crippen molar-refractivity contribution in [2.75, 3.05) is 0 Å². The van der Waals surface area contributed by atoms with Gasteiger partial charge in [-0.2, -0.15) is 0 Å². The first-order valence-corrected chi connectivity index (χ1v) is 6.22. The van der Waals surface area contributed by atoms with Crippen LogP contribution in [-0.4, -0.2) is 9.52 Å². The number of hydrogen-bond acceptors (Lipinski definition) is 0. The largest absolute Gasteiger partial charge is 0.123 e. The second-order valence-corrected chi connectivity index (χ2v) is 5.19. The van der Waals surface area contributed by atoms with E-state index in [1.807, 2.05) is 12.1 Å². The highest BCUT2D eigenvalue weighted by molar-refractivity contribution is 9.10. The zero-order chi connectivity index (χ0) is 9.80. The standard InChI is InChI=1S/C12H9BrSi/c13-11-8-4-5-9-12(11)14-10-6-2-1-3-7-10/h1-9H. The van der Waals surface area contributed by atoms with Gasteiger partial charge in [0, 0.05) is 4.47 Å². The maximum absolute atomic E-state index is 3.56. The van der Waals surface area contributed by atoms with Crippen molar-refractivity contribution < 1.29 is 0 Å². The Morgan fingerprint density at radius 3 is 2.14 bits per heavy atom. The molecule has 0 N–H and O–H groups in total. The minimum Gasteiger partial charge on any atom is -0.0631 e. The average molecular weight is 261 g/mol. The van der Waals surface area contributed by atoms with Crippen LogP contribution in [0.15, 0.2) is 59.1 Å². The molecule has 0 heterocycles. The second-order valence-electron chi connectivity index (χ2n) is 2.97. The van der Waals surface area contributed by atoms with Gasteiger partial charge >= 0.3 is 0 Å². The minimum absolute atomic E-state index is 0.729. The molecular formula is C12H9BrSi. The van der Waals surface area contributed by atoms with Gasteiger partial charge in [-0.05, 0) is 11.3 Å². The topological polar surface area (TPSA) is 0 Å². The zero-order valence-corrected chi connectivity index (χ0v) is 10.2. The lowest BCUT2D eigenvalue weighted by Crippen LogP contribution is -2.27. The van der Waals surface area contributed by atoms with E-state index >= 15 is 0 Å². The van der Waals surface area contributed by atoms with E-state index in [4.69, 9.17) is 0 Å². The molecule has 0 atom stereocenters. The first kappa shape index (κ1) is 9.68. The molecule has 0 spiro atoms. The molecule has 2 radical (unpaired) electrons. The van der Waals surface area contributed by atoms with E-state index in [0.717, 1.165) is 9.52 Å². The van der Waals surface area contributed by atoms with Gasteiger partial charge in [0.25, 0.3) is 0 Å². The van der Waals surface area contributed by atoms with Crippen molar-refractivity contribution in [1.82, 2.24) is 0 Å². The lowest BCUT2D eigenvalue weighted by atomic mass is 10.4. The van der Waals surface area contributed by atoms with Crippen LogP contribution in [0.4, 0.5) is 0 Å². The van der Waals surface area contributed by atoms with E-state index in [1.54, 1.807) is 0 Å². The lowest BCUT2D eigenvalue weighted by Gasteiger charge is -2.02. The summed E-state index contributed by atoms with van der Waals surface area (Å²) in [7, 11) is 0.729. The van der Waals surface area contributed by atoms with Crippen LogP contribution in [0.1, 0.15) is 0 Å². The number of halogens is 1. The van der Waals surface area contributed by atoms with E-state index in [9.17, 15) is 0 Å². The Hall–Kier alpha value is -0.863. The molecule has 0 bridgehead atoms. The molecule has 0 amide bonds. The lowest BCUT2D eigenvalue weighted by molar-refractivity contribution is 1.70. The summed E-state index contributed by atoms with van der Waals surface area (Å²) in [4.78, 5) is 0. The molecule has 14 heavy (non-hydrogen) atoms. The molecular weight excluding hydrogens is 252 g/mol. The van der Waals surface area contributed by atoms with E-state index in [0.29, 0.717) is 0 Å². The molecule has 0 aliphatic rings. The van der Waals surface area contributed by atoms with Crippen molar-refractivity contribution in [1.29, 1.82) is 0 Å². The van der Waals surface area contributed by atoms with Crippen molar-refractivity contribution in [3.05, 3.63) is 59.1 Å². The van der Waals surface area contributed by atoms with Crippen LogP contribution in [0.3, 0.4) is 0 Å². The Kier molecular flexibility index (Phi) is 3.17. The van der Waals surface area contributed by atoms with Crippen LogP contribution in [0.25, 0.3) is 0 Å². The molecule has 0 unspecified atom stereocenters. The Bertz CT molecular complexity index is 412. The van der Waals surface area contributed by atoms with Gasteiger partial charge in [-0.3, -0.25) is 0 Å². The third kappa shape index (κ3) is 2.34. The van der Waals surface area contributed by atoms with Gasteiger partial charge in [-0.25, -0.2) is 0 Å². The van der Waals surface area contributed by atoms with E-state index in [-0.39, 0.29) is 0 Å². The van der Waals surface area contributed by atoms with Gasteiger partial charge in [0.15, 0.2) is 0 Å². The molecule has 68 valence electrons. The molecule has 0 saturated carbocycles. The van der Waals surface area contributed by atoms with Crippen LogP contribution in [-0.2, 0) is 0 Å². The van der Waals surface area contributed by atoms with Crippen molar-refractivity contribution in [2.45, 2.75) is 0 Å². The quantitative estimate of drug-likeness (QED) is 0.726. The summed E-state index contributed by atoms with van der Waals surface area (Å²) in [5.74, 6) is 0. The summed E-state index contributed by atoms with van der Waals surface area (Å²) in [6.07, 6.45) is 0. The van der Waals surface area contributed by atoms with Crippen molar-refractivity contribution >= 4 is 35.8 Å². The van der Waals surface area contributed by atoms with Crippen LogP contribution in [0, 0.1) is 0 Å². The van der Waals surface area contributed by atoms with Gasteiger partial charge in [0.2, 0.25) is 0 Å². The molecule has 0 nitrogen and oxygen atoms in total. The smallest absolute Gasteiger partial charge is 0.0631 e. The van der Waals surface area contributed by atoms with Crippen LogP contribution < -0.4 is 10.4 Å². The highest BCUT2D eigenvalue weighted by Gasteiger charge is 2.00. The van der Waals surface area contributed by atoms with Gasteiger partial charge in [-0.1, -0.05) is 69.6 Å². The highest BCUT2D eigenvalue weighted by Crippen LogP contribution is 2.03. The number of benzene rings is 2. The average Bonchev–Trinajstić information content (AvgIpc) is 2.23. The van der Waals surface area contributed by atoms with Crippen molar-refractivity contribution in [2.24, 2.45) is 0 Å². The van der Waals surface area contributed by atoms with E-state index in [1.165, 1.54) is 14.8 Å². The third-order valence-electron chi connectivity index (χ3n) is 1.93. The summed E-state index contributed by atoms with van der Waals surface area (Å²) in [6, 6.07) is 18.9. The van der Waals surface area contributed by atoms with Crippen molar-refractivity contribution in [3.8, 4) is 0 Å². The number of rotatable bonds is 2. The first-order valence-electron chi connectivity index (χ1n) is 4.43. The van der Waals surface area contributed by atoms with Crippen LogP contribution >= 0.6 is 15.9 Å². The fourth-order valence-electron chi connectivity index (χ4n) is 1.24. The molecule has 2 heteroatoms. The third-order valence-corrected chi connectivity index (χ3v) is 4.31. The summed E-state index contributed by atoms with van der Waals surface area (Å²) in [5, 5.41) is 2.73. The molecule has 0 fully saturated rings. The Morgan fingerprint density at radius 2 is 1.43 bits per heavy atom. The fourth-order valence-corrected chi connectivity index (χ4v) is 2.87. The maximum Gasteiger partial charge on any atom is 0.123 e. The zero-order valence-electron chi connectivity index (χ0n) is 7.57. The Balaban J connectivity index is 2.24. The summed E-state index contributed by atoms with van der Waals surface area (Å²) in [6.45, 7) is 0. The monoisotopic (exact) mass is 260 g/mol. The van der Waals surface area contributed by atoms with Gasteiger partial charge in [-0.15, -0.1) is 0 Å². The molecule has 2 rings (SSSR count). The molecule has 0 aromatic heterocycles. The first-order chi connectivity index (χ1) is 6.86. The predicted octanol–water partition coefficient (Wildman–Crippen LogP) is 2.10. The minimum atomic E-state index is 0.729. The molecule has 2 aromatic carbocycles. The summed E-state index contributed by atoms with van der Waals surface area (Å²) >= 11 is 3.56. The van der Waals surface area contributed by atoms with Gasteiger partial charge < -0.3 is 0 Å². The van der Waals surface area contributed by atoms with Gasteiger partial charge in [0.1, 0.15) is 9.52 Å². The molecule has 2 aromatic rings. The van der Waals surface area contributed by atoms with E-state index < -0.39 is 0 Å². The normalized spacial score (nSPS) is 10.1. The fraction of sp³-hybridized carbons (Fsp3) is 0. The van der Waals surface area contributed by atoms with E-state index in [2.05, 4.69) is 58.4 Å². The molecule has 0 aliphatic heterocycles. The Labute approximate surface area is 94.9 Å². The van der Waals surface area contributed by atoms with Gasteiger partial charge in [0.05, 0.1) is 0 Å². The summed E-state index contributed by atoms with van der Waals surface area (Å²) in [5.41, 5.74) is 0. The SMILES string of the molecule is Brc1ccccc1[Si]c1ccccc1. The van der Waals surface area contributed by atoms with Crippen molar-refractivity contribution in [3.63, 3.8) is 0 Å². The summed E-state index contributed by atoms with van der Waals surface area (Å²) < 4.78 is 1.20.